The number of rotatable bonds is 5. The molecular formula is C15H22ClNO. The van der Waals surface area contributed by atoms with Gasteiger partial charge in [-0.15, -0.1) is 0 Å². The lowest BCUT2D eigenvalue weighted by Gasteiger charge is -2.17. The van der Waals surface area contributed by atoms with Gasteiger partial charge in [0.25, 0.3) is 0 Å². The number of halogens is 1. The van der Waals surface area contributed by atoms with Gasteiger partial charge < -0.3 is 10.1 Å². The number of nitrogens with one attached hydrogen (secondary N) is 1. The molecule has 1 N–H and O–H groups in total. The molecule has 0 heterocycles. The number of hydrogen-bond acceptors (Lipinski definition) is 2. The largest absolute Gasteiger partial charge is 0.491 e. The Labute approximate surface area is 115 Å². The van der Waals surface area contributed by atoms with Crippen LogP contribution in [0.3, 0.4) is 0 Å². The molecule has 1 saturated carbocycles. The van der Waals surface area contributed by atoms with Gasteiger partial charge >= 0.3 is 0 Å². The van der Waals surface area contributed by atoms with Crippen molar-refractivity contribution in [3.8, 4) is 5.75 Å². The molecule has 1 aliphatic rings. The van der Waals surface area contributed by atoms with Gasteiger partial charge in [-0.3, -0.25) is 0 Å². The first-order chi connectivity index (χ1) is 8.65. The maximum absolute atomic E-state index is 6.07. The van der Waals surface area contributed by atoms with Crippen LogP contribution in [0.25, 0.3) is 0 Å². The van der Waals surface area contributed by atoms with E-state index in [4.69, 9.17) is 16.3 Å². The van der Waals surface area contributed by atoms with Crippen LogP contribution in [0.15, 0.2) is 18.2 Å². The molecular weight excluding hydrogens is 246 g/mol. The predicted octanol–water partition coefficient (Wildman–Crippen LogP) is 4.16. The second-order valence-corrected chi connectivity index (χ2v) is 5.72. The molecule has 0 amide bonds. The van der Waals surface area contributed by atoms with Gasteiger partial charge in [0, 0.05) is 23.2 Å². The number of benzene rings is 1. The molecule has 2 nitrogen and oxygen atoms in total. The van der Waals surface area contributed by atoms with E-state index in [-0.39, 0.29) is 6.10 Å². The van der Waals surface area contributed by atoms with E-state index in [0.717, 1.165) is 22.9 Å². The van der Waals surface area contributed by atoms with Crippen molar-refractivity contribution in [1.82, 2.24) is 5.32 Å². The molecule has 0 radical (unpaired) electrons. The van der Waals surface area contributed by atoms with Crippen LogP contribution in [-0.4, -0.2) is 12.1 Å². The summed E-state index contributed by atoms with van der Waals surface area (Å²) in [5, 5.41) is 4.37. The summed E-state index contributed by atoms with van der Waals surface area (Å²) in [6, 6.07) is 6.52. The minimum Gasteiger partial charge on any atom is -0.491 e. The van der Waals surface area contributed by atoms with Gasteiger partial charge in [0.2, 0.25) is 0 Å². The van der Waals surface area contributed by atoms with Gasteiger partial charge in [-0.05, 0) is 44.9 Å². The van der Waals surface area contributed by atoms with E-state index >= 15 is 0 Å². The van der Waals surface area contributed by atoms with Gasteiger partial charge in [-0.1, -0.05) is 24.4 Å². The number of hydrogen-bond donors (Lipinski definition) is 1. The Balaban J connectivity index is 2.01. The molecule has 1 aliphatic carbocycles. The molecule has 0 saturated heterocycles. The third-order valence-corrected chi connectivity index (χ3v) is 3.56. The Bertz CT molecular complexity index is 386. The van der Waals surface area contributed by atoms with Crippen molar-refractivity contribution < 1.29 is 4.74 Å². The molecule has 100 valence electrons. The van der Waals surface area contributed by atoms with Gasteiger partial charge in [0.1, 0.15) is 5.75 Å². The summed E-state index contributed by atoms with van der Waals surface area (Å²) >= 11 is 6.07. The zero-order chi connectivity index (χ0) is 13.0. The molecule has 3 heteroatoms. The van der Waals surface area contributed by atoms with Crippen LogP contribution in [0.2, 0.25) is 5.02 Å². The first-order valence-corrected chi connectivity index (χ1v) is 7.21. The fourth-order valence-electron chi connectivity index (χ4n) is 2.44. The van der Waals surface area contributed by atoms with Gasteiger partial charge in [0.05, 0.1) is 6.10 Å². The number of ether oxygens (including phenoxy) is 1. The van der Waals surface area contributed by atoms with Crippen LogP contribution in [0.4, 0.5) is 0 Å². The topological polar surface area (TPSA) is 21.3 Å². The van der Waals surface area contributed by atoms with Crippen molar-refractivity contribution in [2.75, 3.05) is 0 Å². The van der Waals surface area contributed by atoms with Crippen molar-refractivity contribution >= 4 is 11.6 Å². The van der Waals surface area contributed by atoms with Crippen LogP contribution in [0.5, 0.6) is 5.75 Å². The fourth-order valence-corrected chi connectivity index (χ4v) is 2.63. The third-order valence-electron chi connectivity index (χ3n) is 3.32. The molecule has 0 aliphatic heterocycles. The molecule has 2 rings (SSSR count). The van der Waals surface area contributed by atoms with E-state index < -0.39 is 0 Å². The molecule has 0 unspecified atom stereocenters. The molecule has 0 aromatic heterocycles. The SMILES string of the molecule is CC(C)Oc1ccc(Cl)cc1CNC1CCCC1. The van der Waals surface area contributed by atoms with E-state index in [9.17, 15) is 0 Å². The fraction of sp³-hybridized carbons (Fsp3) is 0.600. The lowest BCUT2D eigenvalue weighted by Crippen LogP contribution is -2.25. The highest BCUT2D eigenvalue weighted by atomic mass is 35.5. The monoisotopic (exact) mass is 267 g/mol. The van der Waals surface area contributed by atoms with Gasteiger partial charge in [-0.25, -0.2) is 0 Å². The first kappa shape index (κ1) is 13.7. The quantitative estimate of drug-likeness (QED) is 0.865. The second kappa shape index (κ2) is 6.44. The standard InChI is InChI=1S/C15H22ClNO/c1-11(2)18-15-8-7-13(16)9-12(15)10-17-14-5-3-4-6-14/h7-9,11,14,17H,3-6,10H2,1-2H3. The van der Waals surface area contributed by atoms with Crippen LogP contribution < -0.4 is 10.1 Å². The summed E-state index contributed by atoms with van der Waals surface area (Å²) in [7, 11) is 0. The summed E-state index contributed by atoms with van der Waals surface area (Å²) in [4.78, 5) is 0. The Kier molecular flexibility index (Phi) is 4.90. The van der Waals surface area contributed by atoms with E-state index in [0.29, 0.717) is 6.04 Å². The Morgan fingerprint density at radius 2 is 2.06 bits per heavy atom. The molecule has 1 aromatic rings. The van der Waals surface area contributed by atoms with Crippen LogP contribution in [-0.2, 0) is 6.54 Å². The lowest BCUT2D eigenvalue weighted by molar-refractivity contribution is 0.239. The average molecular weight is 268 g/mol. The van der Waals surface area contributed by atoms with E-state index in [1.807, 2.05) is 32.0 Å². The summed E-state index contributed by atoms with van der Waals surface area (Å²) in [6.45, 7) is 4.93. The molecule has 1 aromatic carbocycles. The summed E-state index contributed by atoms with van der Waals surface area (Å²) in [5.41, 5.74) is 1.16. The molecule has 0 atom stereocenters. The van der Waals surface area contributed by atoms with Crippen molar-refractivity contribution in [2.45, 2.75) is 58.2 Å². The first-order valence-electron chi connectivity index (χ1n) is 6.83. The highest BCUT2D eigenvalue weighted by molar-refractivity contribution is 6.30. The Hall–Kier alpha value is -0.730. The van der Waals surface area contributed by atoms with Crippen molar-refractivity contribution in [1.29, 1.82) is 0 Å². The zero-order valence-corrected chi connectivity index (χ0v) is 12.0. The highest BCUT2D eigenvalue weighted by Crippen LogP contribution is 2.25. The third kappa shape index (κ3) is 3.89. The van der Waals surface area contributed by atoms with E-state index in [1.54, 1.807) is 0 Å². The minimum atomic E-state index is 0.191. The Morgan fingerprint density at radius 3 is 2.72 bits per heavy atom. The van der Waals surface area contributed by atoms with Crippen LogP contribution in [0, 0.1) is 0 Å². The molecule has 0 bridgehead atoms. The smallest absolute Gasteiger partial charge is 0.124 e. The summed E-state index contributed by atoms with van der Waals surface area (Å²) < 4.78 is 5.82. The summed E-state index contributed by atoms with van der Waals surface area (Å²) in [6.07, 6.45) is 5.48. The average Bonchev–Trinajstić information content (AvgIpc) is 2.82. The van der Waals surface area contributed by atoms with E-state index in [2.05, 4.69) is 5.32 Å². The maximum Gasteiger partial charge on any atom is 0.124 e. The van der Waals surface area contributed by atoms with Crippen molar-refractivity contribution in [3.63, 3.8) is 0 Å². The second-order valence-electron chi connectivity index (χ2n) is 5.28. The predicted molar refractivity (Wildman–Crippen MR) is 76.3 cm³/mol. The summed E-state index contributed by atoms with van der Waals surface area (Å²) in [5.74, 6) is 0.944. The van der Waals surface area contributed by atoms with Gasteiger partial charge in [0.15, 0.2) is 0 Å². The highest BCUT2D eigenvalue weighted by Gasteiger charge is 2.15. The zero-order valence-electron chi connectivity index (χ0n) is 11.2. The molecule has 1 fully saturated rings. The Morgan fingerprint density at radius 1 is 1.33 bits per heavy atom. The van der Waals surface area contributed by atoms with Crippen molar-refractivity contribution in [2.24, 2.45) is 0 Å². The lowest BCUT2D eigenvalue weighted by atomic mass is 10.1. The molecule has 18 heavy (non-hydrogen) atoms. The van der Waals surface area contributed by atoms with Crippen LogP contribution >= 0.6 is 11.6 Å². The van der Waals surface area contributed by atoms with Crippen LogP contribution in [0.1, 0.15) is 45.1 Å². The van der Waals surface area contributed by atoms with E-state index in [1.165, 1.54) is 25.7 Å². The molecule has 0 spiro atoms. The normalized spacial score (nSPS) is 16.4. The maximum atomic E-state index is 6.07. The minimum absolute atomic E-state index is 0.191. The van der Waals surface area contributed by atoms with Gasteiger partial charge in [-0.2, -0.15) is 0 Å². The van der Waals surface area contributed by atoms with Crippen molar-refractivity contribution in [3.05, 3.63) is 28.8 Å².